The number of hydrogen-bond donors (Lipinski definition) is 3. The second kappa shape index (κ2) is 5.47. The molecule has 0 aromatic heterocycles. The highest BCUT2D eigenvalue weighted by molar-refractivity contribution is 7.89. The Hall–Kier alpha value is -1.31. The van der Waals surface area contributed by atoms with E-state index in [2.05, 4.69) is 10.0 Å². The highest BCUT2D eigenvalue weighted by atomic mass is 32.2. The van der Waals surface area contributed by atoms with Gasteiger partial charge < -0.3 is 15.8 Å². The minimum atomic E-state index is -3.55. The number of hydrogen-bond acceptors (Lipinski definition) is 5. The fourth-order valence-electron chi connectivity index (χ4n) is 2.85. The van der Waals surface area contributed by atoms with Gasteiger partial charge in [0.2, 0.25) is 10.0 Å². The number of sulfonamides is 1. The summed E-state index contributed by atoms with van der Waals surface area (Å²) in [4.78, 5) is 0.187. The summed E-state index contributed by atoms with van der Waals surface area (Å²) in [5.74, 6) is 0.614. The van der Waals surface area contributed by atoms with E-state index in [4.69, 9.17) is 10.5 Å². The number of benzene rings is 1. The summed E-state index contributed by atoms with van der Waals surface area (Å²) < 4.78 is 32.4. The maximum atomic E-state index is 12.1. The van der Waals surface area contributed by atoms with Crippen molar-refractivity contribution in [2.75, 3.05) is 24.7 Å². The van der Waals surface area contributed by atoms with Gasteiger partial charge in [-0.1, -0.05) is 0 Å². The van der Waals surface area contributed by atoms with E-state index in [0.29, 0.717) is 17.3 Å². The zero-order valence-electron chi connectivity index (χ0n) is 12.0. The fourth-order valence-corrected chi connectivity index (χ4v) is 3.77. The quantitative estimate of drug-likeness (QED) is 0.709. The van der Waals surface area contributed by atoms with Crippen molar-refractivity contribution in [3.63, 3.8) is 0 Å². The Balaban J connectivity index is 1.88. The second-order valence-electron chi connectivity index (χ2n) is 5.68. The summed E-state index contributed by atoms with van der Waals surface area (Å²) in [5, 5.41) is 3.35. The van der Waals surface area contributed by atoms with Crippen LogP contribution < -0.4 is 15.8 Å². The van der Waals surface area contributed by atoms with E-state index in [0.717, 1.165) is 13.0 Å². The number of anilines is 2. The van der Waals surface area contributed by atoms with Gasteiger partial charge >= 0.3 is 0 Å². The Kier molecular flexibility index (Phi) is 3.81. The van der Waals surface area contributed by atoms with E-state index < -0.39 is 10.0 Å². The Morgan fingerprint density at radius 2 is 2.05 bits per heavy atom. The van der Waals surface area contributed by atoms with Crippen LogP contribution in [0, 0.1) is 5.92 Å². The molecule has 0 amide bonds. The average molecular weight is 311 g/mol. The summed E-state index contributed by atoms with van der Waals surface area (Å²) in [7, 11) is -2.15. The Bertz CT molecular complexity index is 628. The van der Waals surface area contributed by atoms with Gasteiger partial charge in [-0.15, -0.1) is 0 Å². The minimum absolute atomic E-state index is 0.159. The first-order valence-electron chi connectivity index (χ1n) is 7.22. The molecule has 116 valence electrons. The molecular weight excluding hydrogens is 290 g/mol. The summed E-state index contributed by atoms with van der Waals surface area (Å²) in [6.07, 6.45) is 3.48. The molecule has 0 bridgehead atoms. The Morgan fingerprint density at radius 1 is 1.29 bits per heavy atom. The van der Waals surface area contributed by atoms with Gasteiger partial charge in [0, 0.05) is 12.3 Å². The molecule has 1 aromatic rings. The summed E-state index contributed by atoms with van der Waals surface area (Å²) in [6.45, 7) is 0.724. The predicted octanol–water partition coefficient (Wildman–Crippen LogP) is 1.16. The molecule has 2 aliphatic rings. The van der Waals surface area contributed by atoms with Crippen LogP contribution in [0.4, 0.5) is 11.4 Å². The molecule has 2 unspecified atom stereocenters. The molecule has 1 aliphatic carbocycles. The molecular formula is C14H21N3O3S. The fraction of sp³-hybridized carbons (Fsp3) is 0.571. The smallest absolute Gasteiger partial charge is 0.242 e. The first-order chi connectivity index (χ1) is 10.0. The number of ether oxygens (including phenoxy) is 1. The molecule has 1 aromatic carbocycles. The zero-order valence-corrected chi connectivity index (χ0v) is 12.8. The van der Waals surface area contributed by atoms with Crippen LogP contribution in [0.5, 0.6) is 0 Å². The van der Waals surface area contributed by atoms with Crippen molar-refractivity contribution in [1.82, 2.24) is 4.72 Å². The first kappa shape index (κ1) is 14.6. The van der Waals surface area contributed by atoms with Crippen molar-refractivity contribution in [3.05, 3.63) is 18.2 Å². The zero-order chi connectivity index (χ0) is 15.0. The normalized spacial score (nSPS) is 26.0. The van der Waals surface area contributed by atoms with E-state index in [1.807, 2.05) is 0 Å². The van der Waals surface area contributed by atoms with Crippen molar-refractivity contribution < 1.29 is 13.2 Å². The molecule has 1 heterocycles. The lowest BCUT2D eigenvalue weighted by Gasteiger charge is -2.22. The molecule has 0 spiro atoms. The monoisotopic (exact) mass is 311 g/mol. The van der Waals surface area contributed by atoms with Crippen LogP contribution >= 0.6 is 0 Å². The molecule has 1 saturated carbocycles. The number of nitrogens with two attached hydrogens (primary N) is 1. The Morgan fingerprint density at radius 3 is 2.71 bits per heavy atom. The molecule has 0 radical (unpaired) electrons. The highest BCUT2D eigenvalue weighted by Crippen LogP contribution is 2.40. The van der Waals surface area contributed by atoms with Gasteiger partial charge in [0.15, 0.2) is 0 Å². The van der Waals surface area contributed by atoms with Crippen molar-refractivity contribution in [1.29, 1.82) is 0 Å². The van der Waals surface area contributed by atoms with Crippen LogP contribution in [-0.4, -0.2) is 34.2 Å². The lowest BCUT2D eigenvalue weighted by atomic mass is 10.1. The summed E-state index contributed by atoms with van der Waals surface area (Å²) in [6, 6.07) is 5.07. The van der Waals surface area contributed by atoms with Gasteiger partial charge in [-0.3, -0.25) is 0 Å². The van der Waals surface area contributed by atoms with E-state index in [9.17, 15) is 8.42 Å². The van der Waals surface area contributed by atoms with Crippen LogP contribution in [0.15, 0.2) is 23.1 Å². The van der Waals surface area contributed by atoms with Crippen LogP contribution in [0.2, 0.25) is 0 Å². The minimum Gasteiger partial charge on any atom is -0.399 e. The van der Waals surface area contributed by atoms with Gasteiger partial charge in [-0.2, -0.15) is 0 Å². The van der Waals surface area contributed by atoms with Gasteiger partial charge in [0.25, 0.3) is 0 Å². The molecule has 2 atom stereocenters. The summed E-state index contributed by atoms with van der Waals surface area (Å²) in [5.41, 5.74) is 6.74. The number of nitrogens with one attached hydrogen (secondary N) is 2. The maximum Gasteiger partial charge on any atom is 0.242 e. The van der Waals surface area contributed by atoms with Crippen LogP contribution in [-0.2, 0) is 14.8 Å². The van der Waals surface area contributed by atoms with Gasteiger partial charge in [-0.05, 0) is 50.4 Å². The third-order valence-corrected chi connectivity index (χ3v) is 5.58. The molecule has 3 rings (SSSR count). The van der Waals surface area contributed by atoms with Crippen molar-refractivity contribution >= 4 is 21.4 Å². The van der Waals surface area contributed by atoms with Crippen molar-refractivity contribution in [2.24, 2.45) is 5.92 Å². The van der Waals surface area contributed by atoms with Crippen molar-refractivity contribution in [2.45, 2.75) is 36.3 Å². The van der Waals surface area contributed by atoms with Crippen LogP contribution in [0.1, 0.15) is 19.3 Å². The number of rotatable bonds is 5. The van der Waals surface area contributed by atoms with E-state index in [-0.39, 0.29) is 17.0 Å². The van der Waals surface area contributed by atoms with E-state index >= 15 is 0 Å². The average Bonchev–Trinajstić information content (AvgIpc) is 3.21. The molecule has 1 saturated heterocycles. The molecule has 2 fully saturated rings. The lowest BCUT2D eigenvalue weighted by molar-refractivity contribution is 0.0898. The molecule has 21 heavy (non-hydrogen) atoms. The highest BCUT2D eigenvalue weighted by Gasteiger charge is 2.41. The summed E-state index contributed by atoms with van der Waals surface area (Å²) >= 11 is 0. The predicted molar refractivity (Wildman–Crippen MR) is 81.6 cm³/mol. The first-order valence-corrected chi connectivity index (χ1v) is 8.71. The van der Waals surface area contributed by atoms with Crippen LogP contribution in [0.25, 0.3) is 0 Å². The SMILES string of the molecule is CNS(=O)(=O)c1cc(N)ccc1NC1CCOC1C1CC1. The molecule has 4 N–H and O–H groups in total. The third-order valence-electron chi connectivity index (χ3n) is 4.13. The van der Waals surface area contributed by atoms with Gasteiger partial charge in [0.05, 0.1) is 17.8 Å². The Labute approximate surface area is 125 Å². The van der Waals surface area contributed by atoms with E-state index in [1.54, 1.807) is 12.1 Å². The molecule has 7 heteroatoms. The second-order valence-corrected chi connectivity index (χ2v) is 7.53. The topological polar surface area (TPSA) is 93.5 Å². The molecule has 6 nitrogen and oxygen atoms in total. The van der Waals surface area contributed by atoms with Gasteiger partial charge in [0.1, 0.15) is 4.90 Å². The third kappa shape index (κ3) is 3.00. The van der Waals surface area contributed by atoms with Gasteiger partial charge in [-0.25, -0.2) is 13.1 Å². The lowest BCUT2D eigenvalue weighted by Crippen LogP contribution is -2.32. The standard InChI is InChI=1S/C14H21N3O3S/c1-16-21(18,19)13-8-10(15)4-5-11(13)17-12-6-7-20-14(12)9-2-3-9/h4-5,8-9,12,14,16-17H,2-3,6-7,15H2,1H3. The van der Waals surface area contributed by atoms with E-state index in [1.165, 1.54) is 26.0 Å². The largest absolute Gasteiger partial charge is 0.399 e. The maximum absolute atomic E-state index is 12.1. The molecule has 1 aliphatic heterocycles. The van der Waals surface area contributed by atoms with Crippen LogP contribution in [0.3, 0.4) is 0 Å². The van der Waals surface area contributed by atoms with Crippen molar-refractivity contribution in [3.8, 4) is 0 Å². The number of nitrogen functional groups attached to an aromatic ring is 1.